The van der Waals surface area contributed by atoms with E-state index in [2.05, 4.69) is 20.4 Å². The Balaban J connectivity index is 1.23. The van der Waals surface area contributed by atoms with Gasteiger partial charge in [0.2, 0.25) is 0 Å². The molecule has 0 radical (unpaired) electrons. The lowest BCUT2D eigenvalue weighted by molar-refractivity contribution is 0.0923. The summed E-state index contributed by atoms with van der Waals surface area (Å²) in [5.74, 6) is 0.466. The van der Waals surface area contributed by atoms with Crippen LogP contribution in [-0.2, 0) is 6.54 Å². The average molecular weight is 533 g/mol. The number of aromatic nitrogens is 3. The van der Waals surface area contributed by atoms with E-state index in [9.17, 15) is 4.79 Å². The van der Waals surface area contributed by atoms with Crippen LogP contribution in [0.2, 0.25) is 4.34 Å². The molecule has 10 heteroatoms. The lowest BCUT2D eigenvalue weighted by atomic mass is 10.0. The smallest absolute Gasteiger partial charge is 0.270 e. The van der Waals surface area contributed by atoms with E-state index in [0.29, 0.717) is 33.7 Å². The van der Waals surface area contributed by atoms with Crippen LogP contribution in [0.25, 0.3) is 21.5 Å². The van der Waals surface area contributed by atoms with E-state index in [1.807, 2.05) is 59.2 Å². The summed E-state index contributed by atoms with van der Waals surface area (Å²) in [4.78, 5) is 20.9. The molecule has 6 rings (SSSR count). The number of nitrogens with two attached hydrogens (primary N) is 1. The zero-order chi connectivity index (χ0) is 25.4. The van der Waals surface area contributed by atoms with Crippen LogP contribution in [0.15, 0.2) is 71.5 Å². The molecule has 8 nitrogen and oxygen atoms in total. The Labute approximate surface area is 222 Å². The Morgan fingerprint density at radius 3 is 2.68 bits per heavy atom. The number of hydrogen-bond donors (Lipinski definition) is 2. The van der Waals surface area contributed by atoms with E-state index in [1.165, 1.54) is 11.3 Å². The Morgan fingerprint density at radius 1 is 1.14 bits per heavy atom. The third-order valence-corrected chi connectivity index (χ3v) is 8.02. The molecule has 1 aliphatic heterocycles. The topological polar surface area (TPSA) is 102 Å². The van der Waals surface area contributed by atoms with Gasteiger partial charge in [0.05, 0.1) is 27.0 Å². The number of rotatable bonds is 6. The minimum absolute atomic E-state index is 0.0682. The maximum absolute atomic E-state index is 13.6. The Kier molecular flexibility index (Phi) is 6.31. The van der Waals surface area contributed by atoms with Crippen molar-refractivity contribution in [1.82, 2.24) is 20.0 Å². The predicted molar refractivity (Wildman–Crippen MR) is 147 cm³/mol. The van der Waals surface area contributed by atoms with E-state index in [0.717, 1.165) is 47.4 Å². The summed E-state index contributed by atoms with van der Waals surface area (Å²) in [5.41, 5.74) is 10.2. The summed E-state index contributed by atoms with van der Waals surface area (Å²) in [6, 6.07) is 17.5. The minimum atomic E-state index is -0.176. The number of benzene rings is 1. The summed E-state index contributed by atoms with van der Waals surface area (Å²) in [5, 5.41) is 8.33. The second-order valence-electron chi connectivity index (χ2n) is 9.09. The van der Waals surface area contributed by atoms with Crippen LogP contribution in [-0.4, -0.2) is 39.7 Å². The van der Waals surface area contributed by atoms with Gasteiger partial charge in [-0.25, -0.2) is 0 Å². The van der Waals surface area contributed by atoms with Crippen LogP contribution in [0.5, 0.6) is 0 Å². The average Bonchev–Trinajstić information content (AvgIpc) is 3.64. The molecular formula is C27H25ClN6O2S. The normalized spacial score (nSPS) is 14.4. The van der Waals surface area contributed by atoms with Gasteiger partial charge < -0.3 is 25.0 Å². The minimum Gasteiger partial charge on any atom is -0.396 e. The number of nitrogens with zero attached hydrogens (tertiary/aromatic N) is 4. The molecule has 3 N–H and O–H groups in total. The highest BCUT2D eigenvalue weighted by atomic mass is 35.5. The van der Waals surface area contributed by atoms with Gasteiger partial charge in [0.15, 0.2) is 5.76 Å². The number of hydrogen-bond acceptors (Lipinski definition) is 7. The number of para-hydroxylation sites is 1. The molecule has 0 bridgehead atoms. The van der Waals surface area contributed by atoms with Gasteiger partial charge in [0, 0.05) is 48.7 Å². The summed E-state index contributed by atoms with van der Waals surface area (Å²) in [6.07, 6.45) is 5.31. The van der Waals surface area contributed by atoms with Crippen molar-refractivity contribution in [1.29, 1.82) is 0 Å². The zero-order valence-electron chi connectivity index (χ0n) is 19.9. The van der Waals surface area contributed by atoms with Gasteiger partial charge in [0.25, 0.3) is 5.91 Å². The fourth-order valence-corrected chi connectivity index (χ4v) is 5.93. The first kappa shape index (κ1) is 23.6. The van der Waals surface area contributed by atoms with Crippen molar-refractivity contribution in [2.75, 3.05) is 23.7 Å². The van der Waals surface area contributed by atoms with Crippen LogP contribution in [0, 0.1) is 0 Å². The first-order chi connectivity index (χ1) is 18.1. The number of thiophene rings is 1. The molecule has 37 heavy (non-hydrogen) atoms. The van der Waals surface area contributed by atoms with Gasteiger partial charge in [-0.1, -0.05) is 35.0 Å². The van der Waals surface area contributed by atoms with Crippen LogP contribution in [0.1, 0.15) is 29.0 Å². The number of nitrogens with one attached hydrogen (secondary N) is 1. The van der Waals surface area contributed by atoms with Gasteiger partial charge in [-0.05, 0) is 43.2 Å². The van der Waals surface area contributed by atoms with Gasteiger partial charge in [-0.15, -0.1) is 11.3 Å². The van der Waals surface area contributed by atoms with Crippen molar-refractivity contribution in [3.8, 4) is 10.6 Å². The van der Waals surface area contributed by atoms with Crippen LogP contribution >= 0.6 is 22.9 Å². The summed E-state index contributed by atoms with van der Waals surface area (Å²) >= 11 is 7.51. The van der Waals surface area contributed by atoms with Crippen molar-refractivity contribution >= 4 is 51.1 Å². The Morgan fingerprint density at radius 2 is 1.92 bits per heavy atom. The molecule has 0 spiro atoms. The highest BCUT2D eigenvalue weighted by Gasteiger charge is 2.26. The first-order valence-electron chi connectivity index (χ1n) is 12.1. The highest BCUT2D eigenvalue weighted by molar-refractivity contribution is 7.19. The maximum Gasteiger partial charge on any atom is 0.270 e. The quantitative estimate of drug-likeness (QED) is 0.302. The Hall–Kier alpha value is -3.82. The molecule has 0 unspecified atom stereocenters. The number of halogens is 1. The highest BCUT2D eigenvalue weighted by Crippen LogP contribution is 2.33. The second-order valence-corrected chi connectivity index (χ2v) is 10.8. The lowest BCUT2D eigenvalue weighted by Gasteiger charge is -2.34. The molecule has 5 heterocycles. The number of pyridine rings is 1. The van der Waals surface area contributed by atoms with Gasteiger partial charge in [-0.3, -0.25) is 9.78 Å². The van der Waals surface area contributed by atoms with Crippen molar-refractivity contribution in [2.45, 2.75) is 25.4 Å². The fourth-order valence-electron chi connectivity index (χ4n) is 4.94. The van der Waals surface area contributed by atoms with Crippen molar-refractivity contribution in [3.05, 3.63) is 82.7 Å². The number of amides is 1. The van der Waals surface area contributed by atoms with E-state index in [-0.39, 0.29) is 11.9 Å². The maximum atomic E-state index is 13.6. The molecule has 1 aromatic carbocycles. The number of piperidine rings is 1. The third-order valence-electron chi connectivity index (χ3n) is 6.78. The third kappa shape index (κ3) is 4.68. The van der Waals surface area contributed by atoms with Crippen LogP contribution < -0.4 is 16.0 Å². The lowest BCUT2D eigenvalue weighted by Crippen LogP contribution is -2.45. The fraction of sp³-hybridized carbons (Fsp3) is 0.222. The molecule has 188 valence electrons. The molecule has 0 aliphatic carbocycles. The van der Waals surface area contributed by atoms with Crippen LogP contribution in [0.3, 0.4) is 0 Å². The van der Waals surface area contributed by atoms with E-state index >= 15 is 0 Å². The number of anilines is 2. The molecular weight excluding hydrogens is 508 g/mol. The van der Waals surface area contributed by atoms with Crippen molar-refractivity contribution < 1.29 is 9.32 Å². The molecule has 1 fully saturated rings. The first-order valence-corrected chi connectivity index (χ1v) is 13.3. The second kappa shape index (κ2) is 9.91. The predicted octanol–water partition coefficient (Wildman–Crippen LogP) is 5.44. The van der Waals surface area contributed by atoms with E-state index < -0.39 is 0 Å². The Bertz CT molecular complexity index is 1550. The number of carbonyl (C=O) groups excluding carboxylic acids is 1. The summed E-state index contributed by atoms with van der Waals surface area (Å²) in [7, 11) is 0. The molecule has 4 aromatic heterocycles. The molecule has 1 amide bonds. The summed E-state index contributed by atoms with van der Waals surface area (Å²) < 4.78 is 8.18. The zero-order valence-corrected chi connectivity index (χ0v) is 21.5. The number of carbonyl (C=O) groups is 1. The standard InChI is InChI=1S/C27H25ClN6O2S/c28-24-6-5-23(37-24)22-15-18(32-36-22)16-34-21-4-2-1-3-20(21)25(29)26(34)27(35)31-17-9-13-33(14-10-17)19-7-11-30-12-8-19/h1-8,11-12,15,17H,9-10,13-14,16,29H2,(H,31,35). The van der Waals surface area contributed by atoms with Gasteiger partial charge in [-0.2, -0.15) is 0 Å². The molecule has 1 saturated heterocycles. The SMILES string of the molecule is Nc1c(C(=O)NC2CCN(c3ccncc3)CC2)n(Cc2cc(-c3ccc(Cl)s3)on2)c2ccccc12. The van der Waals surface area contributed by atoms with E-state index in [1.54, 1.807) is 12.4 Å². The largest absolute Gasteiger partial charge is 0.396 e. The van der Waals surface area contributed by atoms with Crippen molar-refractivity contribution in [3.63, 3.8) is 0 Å². The molecule has 1 aliphatic rings. The number of fused-ring (bicyclic) bond motifs is 1. The van der Waals surface area contributed by atoms with Crippen LogP contribution in [0.4, 0.5) is 11.4 Å². The number of nitrogen functional groups attached to an aromatic ring is 1. The molecule has 5 aromatic rings. The van der Waals surface area contributed by atoms with Crippen molar-refractivity contribution in [2.24, 2.45) is 0 Å². The van der Waals surface area contributed by atoms with Gasteiger partial charge in [0.1, 0.15) is 11.4 Å². The van der Waals surface area contributed by atoms with E-state index in [4.69, 9.17) is 21.9 Å². The molecule has 0 saturated carbocycles. The molecule has 0 atom stereocenters. The van der Waals surface area contributed by atoms with Gasteiger partial charge >= 0.3 is 0 Å². The monoisotopic (exact) mass is 532 g/mol. The summed E-state index contributed by atoms with van der Waals surface area (Å²) in [6.45, 7) is 2.08.